The average Bonchev–Trinajstić information content (AvgIpc) is 2.84. The fourth-order valence-electron chi connectivity index (χ4n) is 2.79. The minimum atomic E-state index is -0.495. The first kappa shape index (κ1) is 18.3. The Morgan fingerprint density at radius 3 is 2.52 bits per heavy atom. The van der Waals surface area contributed by atoms with Gasteiger partial charge in [-0.3, -0.25) is 4.79 Å². The molecule has 0 saturated heterocycles. The van der Waals surface area contributed by atoms with Crippen molar-refractivity contribution >= 4 is 49.5 Å². The van der Waals surface area contributed by atoms with Crippen LogP contribution >= 0.6 is 31.9 Å². The SMILES string of the molecule is CCOC(=O)CCC1c2c(Br)cc(Br)cc2NC1C(=O)OCC. The highest BCUT2D eigenvalue weighted by atomic mass is 79.9. The van der Waals surface area contributed by atoms with Crippen LogP contribution in [0.3, 0.4) is 0 Å². The molecule has 0 spiro atoms. The van der Waals surface area contributed by atoms with Gasteiger partial charge < -0.3 is 14.8 Å². The van der Waals surface area contributed by atoms with Crippen molar-refractivity contribution in [3.05, 3.63) is 26.6 Å². The summed E-state index contributed by atoms with van der Waals surface area (Å²) < 4.78 is 12.0. The van der Waals surface area contributed by atoms with E-state index in [1.165, 1.54) is 0 Å². The van der Waals surface area contributed by atoms with Crippen LogP contribution in [0.5, 0.6) is 0 Å². The zero-order chi connectivity index (χ0) is 17.0. The summed E-state index contributed by atoms with van der Waals surface area (Å²) in [6.07, 6.45) is 0.778. The van der Waals surface area contributed by atoms with E-state index >= 15 is 0 Å². The van der Waals surface area contributed by atoms with Crippen LogP contribution < -0.4 is 5.32 Å². The number of hydrogen-bond acceptors (Lipinski definition) is 5. The summed E-state index contributed by atoms with van der Waals surface area (Å²) in [5.74, 6) is -0.701. The Labute approximate surface area is 152 Å². The van der Waals surface area contributed by atoms with Crippen LogP contribution in [0.25, 0.3) is 0 Å². The largest absolute Gasteiger partial charge is 0.466 e. The number of rotatable bonds is 6. The number of nitrogens with one attached hydrogen (secondary N) is 1. The van der Waals surface area contributed by atoms with Crippen LogP contribution in [0, 0.1) is 0 Å². The van der Waals surface area contributed by atoms with E-state index in [0.717, 1.165) is 20.2 Å². The Morgan fingerprint density at radius 1 is 1.17 bits per heavy atom. The van der Waals surface area contributed by atoms with E-state index < -0.39 is 6.04 Å². The fraction of sp³-hybridized carbons (Fsp3) is 0.500. The van der Waals surface area contributed by atoms with Gasteiger partial charge in [0, 0.05) is 27.0 Å². The Hall–Kier alpha value is -1.08. The smallest absolute Gasteiger partial charge is 0.329 e. The highest BCUT2D eigenvalue weighted by Crippen LogP contribution is 2.45. The van der Waals surface area contributed by atoms with Crippen molar-refractivity contribution < 1.29 is 19.1 Å². The monoisotopic (exact) mass is 447 g/mol. The van der Waals surface area contributed by atoms with Gasteiger partial charge in [-0.05, 0) is 38.0 Å². The molecule has 2 atom stereocenters. The molecule has 1 aliphatic rings. The Bertz CT molecular complexity index is 606. The molecule has 0 radical (unpaired) electrons. The summed E-state index contributed by atoms with van der Waals surface area (Å²) in [5.41, 5.74) is 1.87. The highest BCUT2D eigenvalue weighted by Gasteiger charge is 2.39. The first-order valence-corrected chi connectivity index (χ1v) is 9.14. The predicted octanol–water partition coefficient (Wildman–Crippen LogP) is 4.00. The third kappa shape index (κ3) is 4.26. The minimum absolute atomic E-state index is 0.143. The molecule has 1 aliphatic heterocycles. The molecule has 2 unspecified atom stereocenters. The number of anilines is 1. The molecule has 1 heterocycles. The van der Waals surface area contributed by atoms with Crippen LogP contribution in [-0.2, 0) is 19.1 Å². The van der Waals surface area contributed by atoms with E-state index in [1.807, 2.05) is 12.1 Å². The van der Waals surface area contributed by atoms with Gasteiger partial charge in [0.2, 0.25) is 0 Å². The average molecular weight is 449 g/mol. The molecule has 1 aromatic carbocycles. The molecule has 1 N–H and O–H groups in total. The maximum absolute atomic E-state index is 12.3. The van der Waals surface area contributed by atoms with Crippen molar-refractivity contribution in [1.82, 2.24) is 0 Å². The number of esters is 2. The number of carbonyl (C=O) groups excluding carboxylic acids is 2. The summed E-state index contributed by atoms with van der Waals surface area (Å²) in [6, 6.07) is 3.37. The topological polar surface area (TPSA) is 64.6 Å². The number of ether oxygens (including phenoxy) is 2. The van der Waals surface area contributed by atoms with E-state index in [4.69, 9.17) is 9.47 Å². The second kappa shape index (κ2) is 8.15. The van der Waals surface area contributed by atoms with Crippen molar-refractivity contribution in [2.75, 3.05) is 18.5 Å². The van der Waals surface area contributed by atoms with E-state index in [2.05, 4.69) is 37.2 Å². The lowest BCUT2D eigenvalue weighted by Crippen LogP contribution is -2.32. The van der Waals surface area contributed by atoms with Crippen molar-refractivity contribution in [3.63, 3.8) is 0 Å². The van der Waals surface area contributed by atoms with Gasteiger partial charge in [0.1, 0.15) is 6.04 Å². The molecule has 2 rings (SSSR count). The van der Waals surface area contributed by atoms with E-state index in [0.29, 0.717) is 19.6 Å². The predicted molar refractivity (Wildman–Crippen MR) is 94.5 cm³/mol. The summed E-state index contributed by atoms with van der Waals surface area (Å²) >= 11 is 7.00. The lowest BCUT2D eigenvalue weighted by Gasteiger charge is -2.19. The molecule has 1 aromatic rings. The number of hydrogen-bond donors (Lipinski definition) is 1. The third-order valence-electron chi connectivity index (χ3n) is 3.68. The van der Waals surface area contributed by atoms with Crippen molar-refractivity contribution in [1.29, 1.82) is 0 Å². The molecule has 5 nitrogen and oxygen atoms in total. The highest BCUT2D eigenvalue weighted by molar-refractivity contribution is 9.11. The lowest BCUT2D eigenvalue weighted by molar-refractivity contribution is -0.146. The van der Waals surface area contributed by atoms with Gasteiger partial charge in [-0.2, -0.15) is 0 Å². The molecule has 126 valence electrons. The number of fused-ring (bicyclic) bond motifs is 1. The second-order valence-electron chi connectivity index (χ2n) is 5.17. The summed E-state index contributed by atoms with van der Waals surface area (Å²) in [4.78, 5) is 23.9. The number of carbonyl (C=O) groups is 2. The van der Waals surface area contributed by atoms with E-state index in [1.54, 1.807) is 13.8 Å². The zero-order valence-electron chi connectivity index (χ0n) is 13.0. The van der Waals surface area contributed by atoms with Crippen molar-refractivity contribution in [3.8, 4) is 0 Å². The quantitative estimate of drug-likeness (QED) is 0.666. The molecule has 0 aromatic heterocycles. The van der Waals surface area contributed by atoms with Gasteiger partial charge in [-0.1, -0.05) is 31.9 Å². The standard InChI is InChI=1S/C16H19Br2NO4/c1-3-22-13(20)6-5-10-14-11(18)7-9(17)8-12(14)19-15(10)16(21)23-4-2/h7-8,10,15,19H,3-6H2,1-2H3. The molecule has 0 bridgehead atoms. The maximum atomic E-state index is 12.3. The summed E-state index contributed by atoms with van der Waals surface area (Å²) in [7, 11) is 0. The van der Waals surface area contributed by atoms with Gasteiger partial charge in [-0.25, -0.2) is 4.79 Å². The lowest BCUT2D eigenvalue weighted by atomic mass is 9.90. The number of benzene rings is 1. The van der Waals surface area contributed by atoms with Gasteiger partial charge in [-0.15, -0.1) is 0 Å². The van der Waals surface area contributed by atoms with Gasteiger partial charge in [0.15, 0.2) is 0 Å². The Morgan fingerprint density at radius 2 is 1.87 bits per heavy atom. The first-order valence-electron chi connectivity index (χ1n) is 7.55. The van der Waals surface area contributed by atoms with Crippen LogP contribution in [0.4, 0.5) is 5.69 Å². The fourth-order valence-corrected chi connectivity index (χ4v) is 4.31. The molecular weight excluding hydrogens is 430 g/mol. The molecule has 0 saturated carbocycles. The zero-order valence-corrected chi connectivity index (χ0v) is 16.2. The van der Waals surface area contributed by atoms with E-state index in [9.17, 15) is 9.59 Å². The van der Waals surface area contributed by atoms with E-state index in [-0.39, 0.29) is 24.3 Å². The Balaban J connectivity index is 2.25. The maximum Gasteiger partial charge on any atom is 0.329 e. The van der Waals surface area contributed by atoms with Crippen LogP contribution in [0.2, 0.25) is 0 Å². The molecule has 23 heavy (non-hydrogen) atoms. The third-order valence-corrected chi connectivity index (χ3v) is 4.80. The molecule has 7 heteroatoms. The molecule has 0 fully saturated rings. The van der Waals surface area contributed by atoms with Crippen molar-refractivity contribution in [2.24, 2.45) is 0 Å². The summed E-state index contributed by atoms with van der Waals surface area (Å²) in [6.45, 7) is 4.24. The molecule has 0 amide bonds. The van der Waals surface area contributed by atoms with Crippen LogP contribution in [0.1, 0.15) is 38.2 Å². The van der Waals surface area contributed by atoms with Gasteiger partial charge in [0.25, 0.3) is 0 Å². The van der Waals surface area contributed by atoms with Gasteiger partial charge in [0.05, 0.1) is 13.2 Å². The summed E-state index contributed by atoms with van der Waals surface area (Å²) in [5, 5.41) is 3.22. The second-order valence-corrected chi connectivity index (χ2v) is 6.94. The molecular formula is C16H19Br2NO4. The first-order chi connectivity index (χ1) is 11.0. The normalized spacial score (nSPS) is 19.0. The van der Waals surface area contributed by atoms with Gasteiger partial charge >= 0.3 is 11.9 Å². The minimum Gasteiger partial charge on any atom is -0.466 e. The van der Waals surface area contributed by atoms with Crippen molar-refractivity contribution in [2.45, 2.75) is 38.6 Å². The molecule has 0 aliphatic carbocycles. The van der Waals surface area contributed by atoms with Crippen LogP contribution in [-0.4, -0.2) is 31.2 Å². The van der Waals surface area contributed by atoms with Crippen LogP contribution in [0.15, 0.2) is 21.1 Å². The Kier molecular flexibility index (Phi) is 6.47. The number of halogens is 2.